The summed E-state index contributed by atoms with van der Waals surface area (Å²) < 4.78 is 5.47. The number of likely N-dealkylation sites (tertiary alicyclic amines) is 1. The average molecular weight is 449 g/mol. The number of nitrogens with zero attached hydrogens (tertiary/aromatic N) is 4. The van der Waals surface area contributed by atoms with Crippen LogP contribution in [0.3, 0.4) is 0 Å². The fourth-order valence-corrected chi connectivity index (χ4v) is 3.52. The molecule has 1 fully saturated rings. The molecule has 1 saturated heterocycles. The van der Waals surface area contributed by atoms with Crippen LogP contribution in [0.2, 0.25) is 0 Å². The molecule has 3 rings (SSSR count). The molecule has 2 heterocycles. The van der Waals surface area contributed by atoms with Crippen molar-refractivity contribution in [1.29, 1.82) is 5.41 Å². The zero-order valence-electron chi connectivity index (χ0n) is 18.3. The first-order chi connectivity index (χ1) is 14.6. The van der Waals surface area contributed by atoms with Gasteiger partial charge in [-0.25, -0.2) is 0 Å². The van der Waals surface area contributed by atoms with E-state index in [1.54, 1.807) is 0 Å². The molecule has 1 aromatic heterocycles. The molecule has 0 unspecified atom stereocenters. The van der Waals surface area contributed by atoms with E-state index in [4.69, 9.17) is 20.5 Å². The average Bonchev–Trinajstić information content (AvgIpc) is 3.43. The topological polar surface area (TPSA) is 114 Å². The minimum atomic E-state index is 0. The number of aromatic nitrogens is 2. The Hall–Kier alpha value is -2.61. The number of nitrogens with one attached hydrogen (secondary N) is 1. The van der Waals surface area contributed by atoms with Crippen molar-refractivity contribution in [2.75, 3.05) is 19.7 Å². The molecule has 1 aromatic carbocycles. The van der Waals surface area contributed by atoms with Gasteiger partial charge in [-0.3, -0.25) is 5.41 Å². The molecule has 0 spiro atoms. The number of halogens is 1. The summed E-state index contributed by atoms with van der Waals surface area (Å²) in [4.78, 5) is 11.8. The van der Waals surface area contributed by atoms with Crippen molar-refractivity contribution in [3.63, 3.8) is 0 Å². The van der Waals surface area contributed by atoms with E-state index in [0.717, 1.165) is 36.2 Å². The molecule has 0 aliphatic carbocycles. The smallest absolute Gasteiger partial charge is 0.231 e. The highest BCUT2D eigenvalue weighted by atomic mass is 35.5. The van der Waals surface area contributed by atoms with Gasteiger partial charge in [0.1, 0.15) is 6.61 Å². The van der Waals surface area contributed by atoms with Crippen molar-refractivity contribution < 1.29 is 9.36 Å². The molecule has 0 amide bonds. The van der Waals surface area contributed by atoms with Crippen molar-refractivity contribution in [3.05, 3.63) is 35.7 Å². The summed E-state index contributed by atoms with van der Waals surface area (Å²) in [5, 5.41) is 15.9. The molecule has 1 aliphatic heterocycles. The number of unbranched alkanes of at least 4 members (excludes halogenated alkanes) is 4. The molecule has 0 bridgehead atoms. The number of hydrogen-bond donors (Lipinski definition) is 2. The van der Waals surface area contributed by atoms with Gasteiger partial charge in [0, 0.05) is 18.7 Å². The van der Waals surface area contributed by atoms with Crippen LogP contribution in [0, 0.1) is 5.41 Å². The lowest BCUT2D eigenvalue weighted by Gasteiger charge is -2.14. The number of nitrogens with two attached hydrogens (primary N) is 1. The third-order valence-electron chi connectivity index (χ3n) is 5.42. The zero-order valence-corrected chi connectivity index (χ0v) is 19.2. The van der Waals surface area contributed by atoms with Crippen LogP contribution in [0.15, 0.2) is 33.9 Å². The second-order valence-corrected chi connectivity index (χ2v) is 7.77. The zero-order chi connectivity index (χ0) is 21.3. The second-order valence-electron chi connectivity index (χ2n) is 7.77. The standard InChI is InChI=1S/C22H32N6O2.ClH/c1-3-4-5-6-7-14-29-26-16(2)17-8-10-18(11-9-17)20-25-21(30-27-20)19-12-13-28(15-19)22(23)24;/h8-11,19H,3-7,12-15H2,1-2H3,(H3,23,24);1H/b26-16-;/t19-;/m1./s1. The fourth-order valence-electron chi connectivity index (χ4n) is 3.52. The van der Waals surface area contributed by atoms with Crippen LogP contribution < -0.4 is 5.73 Å². The van der Waals surface area contributed by atoms with E-state index in [2.05, 4.69) is 22.2 Å². The predicted octanol–water partition coefficient (Wildman–Crippen LogP) is 4.55. The van der Waals surface area contributed by atoms with Gasteiger partial charge in [0.25, 0.3) is 0 Å². The second kappa shape index (κ2) is 12.3. The maximum absolute atomic E-state index is 7.54. The molecule has 170 valence electrons. The Balaban J connectivity index is 0.00000341. The summed E-state index contributed by atoms with van der Waals surface area (Å²) in [5.74, 6) is 1.37. The highest BCUT2D eigenvalue weighted by Gasteiger charge is 2.29. The molecule has 1 aliphatic rings. The van der Waals surface area contributed by atoms with Gasteiger partial charge in [-0.05, 0) is 31.7 Å². The van der Waals surface area contributed by atoms with Gasteiger partial charge in [-0.15, -0.1) is 12.4 Å². The Labute approximate surface area is 190 Å². The van der Waals surface area contributed by atoms with Crippen LogP contribution in [0.4, 0.5) is 0 Å². The van der Waals surface area contributed by atoms with E-state index in [0.29, 0.717) is 24.9 Å². The van der Waals surface area contributed by atoms with Crippen molar-refractivity contribution >= 4 is 24.1 Å². The van der Waals surface area contributed by atoms with E-state index in [1.807, 2.05) is 36.1 Å². The molecule has 0 saturated carbocycles. The van der Waals surface area contributed by atoms with Gasteiger partial charge in [0.2, 0.25) is 11.7 Å². The molecule has 1 atom stereocenters. The van der Waals surface area contributed by atoms with Crippen LogP contribution in [-0.2, 0) is 4.84 Å². The Bertz CT molecular complexity index is 852. The molecule has 0 radical (unpaired) electrons. The van der Waals surface area contributed by atoms with Crippen LogP contribution in [-0.4, -0.2) is 46.4 Å². The monoisotopic (exact) mass is 448 g/mol. The molecule has 31 heavy (non-hydrogen) atoms. The van der Waals surface area contributed by atoms with Gasteiger partial charge < -0.3 is 20.0 Å². The number of rotatable bonds is 10. The maximum Gasteiger partial charge on any atom is 0.231 e. The number of oxime groups is 1. The third kappa shape index (κ3) is 6.95. The van der Waals surface area contributed by atoms with Crippen LogP contribution in [0.5, 0.6) is 0 Å². The maximum atomic E-state index is 7.54. The van der Waals surface area contributed by atoms with E-state index >= 15 is 0 Å². The normalized spacial score (nSPS) is 16.3. The highest BCUT2D eigenvalue weighted by molar-refractivity contribution is 5.98. The lowest BCUT2D eigenvalue weighted by Crippen LogP contribution is -2.34. The van der Waals surface area contributed by atoms with E-state index in [-0.39, 0.29) is 24.3 Å². The lowest BCUT2D eigenvalue weighted by molar-refractivity contribution is 0.139. The molecule has 3 N–H and O–H groups in total. The van der Waals surface area contributed by atoms with Crippen LogP contribution >= 0.6 is 12.4 Å². The van der Waals surface area contributed by atoms with Gasteiger partial charge >= 0.3 is 0 Å². The first-order valence-corrected chi connectivity index (χ1v) is 10.8. The van der Waals surface area contributed by atoms with E-state index in [1.165, 1.54) is 25.7 Å². The molecule has 2 aromatic rings. The summed E-state index contributed by atoms with van der Waals surface area (Å²) in [6.45, 7) is 6.20. The summed E-state index contributed by atoms with van der Waals surface area (Å²) in [7, 11) is 0. The molecular weight excluding hydrogens is 416 g/mol. The minimum Gasteiger partial charge on any atom is -0.396 e. The van der Waals surface area contributed by atoms with E-state index in [9.17, 15) is 0 Å². The quantitative estimate of drug-likeness (QED) is 0.238. The van der Waals surface area contributed by atoms with Gasteiger partial charge in [-0.2, -0.15) is 4.98 Å². The highest BCUT2D eigenvalue weighted by Crippen LogP contribution is 2.27. The van der Waals surface area contributed by atoms with Gasteiger partial charge in [0.05, 0.1) is 11.6 Å². The van der Waals surface area contributed by atoms with Crippen molar-refractivity contribution in [3.8, 4) is 11.4 Å². The number of guanidine groups is 1. The third-order valence-corrected chi connectivity index (χ3v) is 5.42. The lowest BCUT2D eigenvalue weighted by atomic mass is 10.1. The molecule has 9 heteroatoms. The fraction of sp³-hybridized carbons (Fsp3) is 0.545. The number of hydrogen-bond acceptors (Lipinski definition) is 6. The summed E-state index contributed by atoms with van der Waals surface area (Å²) in [6.07, 6.45) is 6.89. The Kier molecular flexibility index (Phi) is 9.78. The minimum absolute atomic E-state index is 0. The Morgan fingerprint density at radius 1 is 1.26 bits per heavy atom. The van der Waals surface area contributed by atoms with Crippen LogP contribution in [0.1, 0.15) is 69.7 Å². The van der Waals surface area contributed by atoms with E-state index < -0.39 is 0 Å². The summed E-state index contributed by atoms with van der Waals surface area (Å²) >= 11 is 0. The van der Waals surface area contributed by atoms with Gasteiger partial charge in [0.15, 0.2) is 5.96 Å². The summed E-state index contributed by atoms with van der Waals surface area (Å²) in [5.41, 5.74) is 8.30. The number of benzene rings is 1. The molecular formula is C22H33ClN6O2. The van der Waals surface area contributed by atoms with Crippen molar-refractivity contribution in [1.82, 2.24) is 15.0 Å². The Morgan fingerprint density at radius 2 is 2.00 bits per heavy atom. The first kappa shape index (κ1) is 24.7. The molecule has 8 nitrogen and oxygen atoms in total. The first-order valence-electron chi connectivity index (χ1n) is 10.8. The van der Waals surface area contributed by atoms with Crippen molar-refractivity contribution in [2.45, 2.75) is 58.3 Å². The SMILES string of the molecule is CCCCCCCO/N=C(/C)c1ccc(-c2noc([C@@H]3CCN(C(=N)N)C3)n2)cc1.Cl. The largest absolute Gasteiger partial charge is 0.396 e. The van der Waals surface area contributed by atoms with Crippen molar-refractivity contribution in [2.24, 2.45) is 10.9 Å². The van der Waals surface area contributed by atoms with Crippen LogP contribution in [0.25, 0.3) is 11.4 Å². The summed E-state index contributed by atoms with van der Waals surface area (Å²) in [6, 6.07) is 7.90. The van der Waals surface area contributed by atoms with Gasteiger partial charge in [-0.1, -0.05) is 60.8 Å². The Morgan fingerprint density at radius 3 is 2.68 bits per heavy atom. The predicted molar refractivity (Wildman–Crippen MR) is 125 cm³/mol.